The molecule has 0 saturated carbocycles. The Bertz CT molecular complexity index is 873. The summed E-state index contributed by atoms with van der Waals surface area (Å²) in [5.41, 5.74) is 1.88. The van der Waals surface area contributed by atoms with E-state index in [-0.39, 0.29) is 5.91 Å². The number of aliphatic imine (C=N–C) groups is 1. The lowest BCUT2D eigenvalue weighted by molar-refractivity contribution is -0.115. The third kappa shape index (κ3) is 3.50. The summed E-state index contributed by atoms with van der Waals surface area (Å²) in [6.45, 7) is 2.53. The quantitative estimate of drug-likeness (QED) is 0.867. The van der Waals surface area contributed by atoms with Crippen LogP contribution >= 0.6 is 23.2 Å². The molecule has 4 rings (SSSR count). The van der Waals surface area contributed by atoms with Crippen LogP contribution in [0.5, 0.6) is 0 Å². The monoisotopic (exact) mass is 387 g/mol. The first kappa shape index (κ1) is 17.5. The van der Waals surface area contributed by atoms with Gasteiger partial charge >= 0.3 is 0 Å². The van der Waals surface area contributed by atoms with E-state index in [4.69, 9.17) is 28.2 Å². The van der Waals surface area contributed by atoms with Gasteiger partial charge < -0.3 is 5.32 Å². The van der Waals surface area contributed by atoms with Gasteiger partial charge in [0.05, 0.1) is 0 Å². The van der Waals surface area contributed by atoms with Crippen LogP contribution in [0.4, 0.5) is 0 Å². The van der Waals surface area contributed by atoms with Crippen molar-refractivity contribution < 1.29 is 4.79 Å². The van der Waals surface area contributed by atoms with Gasteiger partial charge in [0.25, 0.3) is 5.91 Å². The zero-order chi connectivity index (χ0) is 18.1. The minimum absolute atomic E-state index is 0.119. The zero-order valence-electron chi connectivity index (χ0n) is 14.2. The van der Waals surface area contributed by atoms with Crippen molar-refractivity contribution in [1.82, 2.24) is 10.2 Å². The number of piperidine rings is 1. The van der Waals surface area contributed by atoms with Crippen LogP contribution in [0.15, 0.2) is 53.5 Å². The third-order valence-electron chi connectivity index (χ3n) is 5.02. The van der Waals surface area contributed by atoms with Crippen LogP contribution in [0.2, 0.25) is 10.0 Å². The molecular weight excluding hydrogens is 369 g/mol. The summed E-state index contributed by atoms with van der Waals surface area (Å²) in [6, 6.07) is 15.2. The molecule has 6 heteroatoms. The van der Waals surface area contributed by atoms with E-state index >= 15 is 0 Å². The Morgan fingerprint density at radius 2 is 1.85 bits per heavy atom. The number of amides is 1. The van der Waals surface area contributed by atoms with E-state index in [0.29, 0.717) is 10.7 Å². The maximum Gasteiger partial charge on any atom is 0.272 e. The molecule has 1 saturated heterocycles. The highest BCUT2D eigenvalue weighted by molar-refractivity contribution is 6.47. The molecule has 0 unspecified atom stereocenters. The number of halogens is 2. The molecule has 0 aromatic heterocycles. The minimum Gasteiger partial charge on any atom is -0.326 e. The van der Waals surface area contributed by atoms with Gasteiger partial charge in [-0.25, -0.2) is 0 Å². The van der Waals surface area contributed by atoms with E-state index in [1.807, 2.05) is 30.3 Å². The first-order valence-electron chi connectivity index (χ1n) is 8.69. The van der Waals surface area contributed by atoms with Crippen LogP contribution in [-0.4, -0.2) is 35.3 Å². The lowest BCUT2D eigenvalue weighted by Crippen LogP contribution is -2.50. The van der Waals surface area contributed by atoms with Gasteiger partial charge in [0, 0.05) is 48.1 Å². The average molecular weight is 388 g/mol. The lowest BCUT2D eigenvalue weighted by Gasteiger charge is -2.37. The number of rotatable bonds is 3. The summed E-state index contributed by atoms with van der Waals surface area (Å²) in [7, 11) is 0. The van der Waals surface area contributed by atoms with Crippen molar-refractivity contribution in [2.45, 2.75) is 25.0 Å². The van der Waals surface area contributed by atoms with Crippen molar-refractivity contribution in [2.24, 2.45) is 4.99 Å². The van der Waals surface area contributed by atoms with Crippen LogP contribution in [0.1, 0.15) is 24.0 Å². The molecule has 2 aliphatic rings. The highest BCUT2D eigenvalue weighted by Gasteiger charge is 2.42. The SMILES string of the molecule is O=C1NC2(CCN(Cc3ccccc3Cl)CC2)N=C1c1cccc(Cl)c1. The molecule has 0 aliphatic carbocycles. The molecule has 1 spiro atoms. The summed E-state index contributed by atoms with van der Waals surface area (Å²) in [5, 5.41) is 4.49. The van der Waals surface area contributed by atoms with Gasteiger partial charge in [0.15, 0.2) is 0 Å². The third-order valence-corrected chi connectivity index (χ3v) is 5.62. The van der Waals surface area contributed by atoms with E-state index in [9.17, 15) is 4.79 Å². The number of hydrogen-bond donors (Lipinski definition) is 1. The number of hydrogen-bond acceptors (Lipinski definition) is 3. The van der Waals surface area contributed by atoms with Gasteiger partial charge in [-0.15, -0.1) is 0 Å². The molecule has 2 aromatic rings. The highest BCUT2D eigenvalue weighted by Crippen LogP contribution is 2.30. The second-order valence-corrected chi connectivity index (χ2v) is 7.67. The van der Waals surface area contributed by atoms with Crippen LogP contribution in [0, 0.1) is 0 Å². The van der Waals surface area contributed by atoms with Gasteiger partial charge in [-0.1, -0.05) is 53.5 Å². The normalized spacial score (nSPS) is 19.5. The summed E-state index contributed by atoms with van der Waals surface area (Å²) in [4.78, 5) is 19.6. The number of nitrogens with zero attached hydrogens (tertiary/aromatic N) is 2. The number of nitrogens with one attached hydrogen (secondary N) is 1. The molecule has 26 heavy (non-hydrogen) atoms. The average Bonchev–Trinajstić information content (AvgIpc) is 2.95. The standard InChI is InChI=1S/C20H19Cl2N3O/c21-16-6-3-5-14(12-16)18-19(26)24-20(23-18)8-10-25(11-9-20)13-15-4-1-2-7-17(15)22/h1-7,12H,8-11,13H2,(H,24,26). The van der Waals surface area contributed by atoms with Crippen molar-refractivity contribution in [1.29, 1.82) is 0 Å². The van der Waals surface area contributed by atoms with Gasteiger partial charge in [0.1, 0.15) is 11.4 Å². The van der Waals surface area contributed by atoms with Crippen molar-refractivity contribution in [3.05, 3.63) is 69.7 Å². The Kier molecular flexibility index (Phi) is 4.74. The fourth-order valence-corrected chi connectivity index (χ4v) is 3.97. The summed E-state index contributed by atoms with van der Waals surface area (Å²) < 4.78 is 0. The maximum atomic E-state index is 12.5. The molecule has 2 heterocycles. The van der Waals surface area contributed by atoms with Crippen LogP contribution in [0.3, 0.4) is 0 Å². The van der Waals surface area contributed by atoms with Crippen molar-refractivity contribution in [2.75, 3.05) is 13.1 Å². The van der Waals surface area contributed by atoms with E-state index in [2.05, 4.69) is 16.3 Å². The van der Waals surface area contributed by atoms with Gasteiger partial charge in [0.2, 0.25) is 0 Å². The molecule has 0 atom stereocenters. The summed E-state index contributed by atoms with van der Waals surface area (Å²) >= 11 is 12.3. The largest absolute Gasteiger partial charge is 0.326 e. The number of likely N-dealkylation sites (tertiary alicyclic amines) is 1. The molecule has 0 radical (unpaired) electrons. The van der Waals surface area contributed by atoms with Gasteiger partial charge in [-0.3, -0.25) is 14.7 Å². The number of benzene rings is 2. The topological polar surface area (TPSA) is 44.7 Å². The predicted molar refractivity (Wildman–Crippen MR) is 105 cm³/mol. The fraction of sp³-hybridized carbons (Fsp3) is 0.300. The number of carbonyl (C=O) groups excluding carboxylic acids is 1. The smallest absolute Gasteiger partial charge is 0.272 e. The van der Waals surface area contributed by atoms with Crippen molar-refractivity contribution in [3.8, 4) is 0 Å². The van der Waals surface area contributed by atoms with Crippen LogP contribution < -0.4 is 5.32 Å². The Balaban J connectivity index is 1.47. The summed E-state index contributed by atoms with van der Waals surface area (Å²) in [6.07, 6.45) is 1.57. The van der Waals surface area contributed by atoms with E-state index in [1.165, 1.54) is 0 Å². The number of carbonyl (C=O) groups is 1. The van der Waals surface area contributed by atoms with Gasteiger partial charge in [-0.2, -0.15) is 0 Å². The second-order valence-electron chi connectivity index (χ2n) is 6.82. The highest BCUT2D eigenvalue weighted by atomic mass is 35.5. The minimum atomic E-state index is -0.494. The van der Waals surface area contributed by atoms with Crippen molar-refractivity contribution in [3.63, 3.8) is 0 Å². The van der Waals surface area contributed by atoms with E-state index < -0.39 is 5.66 Å². The van der Waals surface area contributed by atoms with Crippen LogP contribution in [0.25, 0.3) is 0 Å². The molecule has 134 valence electrons. The molecule has 1 fully saturated rings. The molecule has 1 N–H and O–H groups in total. The second kappa shape index (κ2) is 7.03. The molecular formula is C20H19Cl2N3O. The molecule has 0 bridgehead atoms. The molecule has 1 amide bonds. The zero-order valence-corrected chi connectivity index (χ0v) is 15.7. The molecule has 2 aliphatic heterocycles. The Morgan fingerprint density at radius 1 is 1.08 bits per heavy atom. The molecule has 2 aromatic carbocycles. The van der Waals surface area contributed by atoms with E-state index in [0.717, 1.165) is 48.6 Å². The Morgan fingerprint density at radius 3 is 2.58 bits per heavy atom. The lowest BCUT2D eigenvalue weighted by atomic mass is 9.97. The first-order valence-corrected chi connectivity index (χ1v) is 9.44. The maximum absolute atomic E-state index is 12.5. The predicted octanol–water partition coefficient (Wildman–Crippen LogP) is 3.90. The Hall–Kier alpha value is -1.88. The molecule has 4 nitrogen and oxygen atoms in total. The summed E-state index contributed by atoms with van der Waals surface area (Å²) in [5.74, 6) is -0.119. The Labute approximate surface area is 162 Å². The van der Waals surface area contributed by atoms with E-state index in [1.54, 1.807) is 12.1 Å². The fourth-order valence-electron chi connectivity index (χ4n) is 3.58. The first-order chi connectivity index (χ1) is 12.5. The van der Waals surface area contributed by atoms with Crippen molar-refractivity contribution >= 4 is 34.8 Å². The van der Waals surface area contributed by atoms with Gasteiger partial charge in [-0.05, 0) is 23.8 Å². The van der Waals surface area contributed by atoms with Crippen LogP contribution in [-0.2, 0) is 11.3 Å².